The highest BCUT2D eigenvalue weighted by atomic mass is 35.5. The highest BCUT2D eigenvalue weighted by molar-refractivity contribution is 6.30. The van der Waals surface area contributed by atoms with Crippen molar-refractivity contribution in [2.45, 2.75) is 19.4 Å². The minimum absolute atomic E-state index is 0.000972. The van der Waals surface area contributed by atoms with E-state index in [1.807, 2.05) is 60.3 Å². The van der Waals surface area contributed by atoms with E-state index < -0.39 is 0 Å². The molecule has 0 amide bonds. The van der Waals surface area contributed by atoms with Crippen LogP contribution in [0, 0.1) is 6.92 Å². The lowest BCUT2D eigenvalue weighted by Gasteiger charge is -2.24. The zero-order valence-corrected chi connectivity index (χ0v) is 16.0. The van der Waals surface area contributed by atoms with Gasteiger partial charge in [0.1, 0.15) is 5.76 Å². The van der Waals surface area contributed by atoms with Crippen LogP contribution in [0.3, 0.4) is 0 Å². The van der Waals surface area contributed by atoms with Crippen LogP contribution < -0.4 is 0 Å². The molecule has 1 aliphatic rings. The zero-order valence-electron chi connectivity index (χ0n) is 15.2. The van der Waals surface area contributed by atoms with E-state index in [-0.39, 0.29) is 6.04 Å². The van der Waals surface area contributed by atoms with Crippen LogP contribution in [0.2, 0.25) is 5.02 Å². The Labute approximate surface area is 167 Å². The van der Waals surface area contributed by atoms with E-state index >= 15 is 0 Å². The van der Waals surface area contributed by atoms with Crippen molar-refractivity contribution in [3.8, 4) is 11.1 Å². The lowest BCUT2D eigenvalue weighted by molar-refractivity contribution is 0.512. The number of aromatic nitrogens is 3. The first-order chi connectivity index (χ1) is 13.7. The molecule has 0 bridgehead atoms. The molecule has 0 radical (unpaired) electrons. The number of aryl methyl sites for hydroxylation is 1. The molecule has 0 saturated carbocycles. The highest BCUT2D eigenvalue weighted by Crippen LogP contribution is 2.41. The quantitative estimate of drug-likeness (QED) is 0.458. The van der Waals surface area contributed by atoms with Gasteiger partial charge in [0, 0.05) is 29.4 Å². The molecule has 5 rings (SSSR count). The number of furan rings is 1. The molecule has 0 N–H and O–H groups in total. The van der Waals surface area contributed by atoms with Gasteiger partial charge in [-0.2, -0.15) is 5.10 Å². The SMILES string of the molecule is Cc1nn2c(c1-c1ccc(Cl)cc1)N=C(c1ccco1)CC2c1cccnc1. The van der Waals surface area contributed by atoms with Crippen LogP contribution in [0.15, 0.2) is 76.6 Å². The molecular formula is C22H17ClN4O. The summed E-state index contributed by atoms with van der Waals surface area (Å²) in [5.74, 6) is 1.60. The van der Waals surface area contributed by atoms with Crippen LogP contribution in [-0.2, 0) is 0 Å². The number of rotatable bonds is 3. The fourth-order valence-electron chi connectivity index (χ4n) is 3.69. The molecule has 6 heteroatoms. The van der Waals surface area contributed by atoms with Crippen molar-refractivity contribution in [2.75, 3.05) is 0 Å². The summed E-state index contributed by atoms with van der Waals surface area (Å²) in [6.07, 6.45) is 6.03. The van der Waals surface area contributed by atoms with Crippen molar-refractivity contribution in [1.29, 1.82) is 0 Å². The molecule has 4 heterocycles. The van der Waals surface area contributed by atoms with Crippen molar-refractivity contribution in [1.82, 2.24) is 14.8 Å². The Balaban J connectivity index is 1.72. The van der Waals surface area contributed by atoms with Gasteiger partial charge in [0.2, 0.25) is 0 Å². The van der Waals surface area contributed by atoms with Gasteiger partial charge in [-0.05, 0) is 48.4 Å². The average molecular weight is 389 g/mol. The Morgan fingerprint density at radius 3 is 2.68 bits per heavy atom. The summed E-state index contributed by atoms with van der Waals surface area (Å²) in [6, 6.07) is 15.6. The fourth-order valence-corrected chi connectivity index (χ4v) is 3.81. The van der Waals surface area contributed by atoms with Crippen molar-refractivity contribution >= 4 is 23.1 Å². The molecule has 138 valence electrons. The summed E-state index contributed by atoms with van der Waals surface area (Å²) < 4.78 is 7.65. The van der Waals surface area contributed by atoms with E-state index in [4.69, 9.17) is 26.1 Å². The van der Waals surface area contributed by atoms with Crippen LogP contribution in [-0.4, -0.2) is 20.5 Å². The van der Waals surface area contributed by atoms with Crippen molar-refractivity contribution in [3.05, 3.63) is 89.2 Å². The third kappa shape index (κ3) is 2.84. The van der Waals surface area contributed by atoms with Crippen molar-refractivity contribution in [3.63, 3.8) is 0 Å². The number of halogens is 1. The third-order valence-electron chi connectivity index (χ3n) is 4.99. The fraction of sp³-hybridized carbons (Fsp3) is 0.136. The van der Waals surface area contributed by atoms with E-state index in [0.717, 1.165) is 39.7 Å². The summed E-state index contributed by atoms with van der Waals surface area (Å²) in [4.78, 5) is 9.25. The summed E-state index contributed by atoms with van der Waals surface area (Å²) in [5.41, 5.74) is 4.97. The first kappa shape index (κ1) is 17.0. The number of pyridine rings is 1. The maximum absolute atomic E-state index is 6.08. The normalized spacial score (nSPS) is 15.9. The summed E-state index contributed by atoms with van der Waals surface area (Å²) >= 11 is 6.08. The van der Waals surface area contributed by atoms with Crippen LogP contribution >= 0.6 is 11.6 Å². The van der Waals surface area contributed by atoms with E-state index in [2.05, 4.69) is 11.1 Å². The largest absolute Gasteiger partial charge is 0.463 e. The monoisotopic (exact) mass is 388 g/mol. The van der Waals surface area contributed by atoms with Crippen molar-refractivity contribution in [2.24, 2.45) is 4.99 Å². The third-order valence-corrected chi connectivity index (χ3v) is 5.24. The molecule has 0 spiro atoms. The number of hydrogen-bond acceptors (Lipinski definition) is 4. The lowest BCUT2D eigenvalue weighted by atomic mass is 9.99. The molecule has 28 heavy (non-hydrogen) atoms. The van der Waals surface area contributed by atoms with Gasteiger partial charge in [0.25, 0.3) is 0 Å². The van der Waals surface area contributed by atoms with Gasteiger partial charge in [0.15, 0.2) is 5.82 Å². The maximum atomic E-state index is 6.08. The first-order valence-corrected chi connectivity index (χ1v) is 9.45. The molecule has 0 aliphatic carbocycles. The summed E-state index contributed by atoms with van der Waals surface area (Å²) in [7, 11) is 0. The summed E-state index contributed by atoms with van der Waals surface area (Å²) in [6.45, 7) is 2.01. The predicted octanol–water partition coefficient (Wildman–Crippen LogP) is 5.61. The van der Waals surface area contributed by atoms with Gasteiger partial charge in [-0.25, -0.2) is 9.67 Å². The number of nitrogens with zero attached hydrogens (tertiary/aromatic N) is 4. The molecule has 3 aromatic heterocycles. The Kier molecular flexibility index (Phi) is 4.10. The standard InChI is InChI=1S/C22H17ClN4O/c1-14-21(15-6-8-17(23)9-7-15)22-25-18(20-5-3-11-28-20)12-19(27(22)26-14)16-4-2-10-24-13-16/h2-11,13,19H,12H2,1H3. The van der Waals surface area contributed by atoms with Gasteiger partial charge >= 0.3 is 0 Å². The maximum Gasteiger partial charge on any atom is 0.159 e. The lowest BCUT2D eigenvalue weighted by Crippen LogP contribution is -2.21. The van der Waals surface area contributed by atoms with E-state index in [1.165, 1.54) is 0 Å². The van der Waals surface area contributed by atoms with Crippen LogP contribution in [0.1, 0.15) is 29.5 Å². The van der Waals surface area contributed by atoms with Gasteiger partial charge in [-0.3, -0.25) is 4.98 Å². The van der Waals surface area contributed by atoms with E-state index in [1.54, 1.807) is 12.5 Å². The number of hydrogen-bond donors (Lipinski definition) is 0. The van der Waals surface area contributed by atoms with Gasteiger partial charge in [0.05, 0.1) is 23.7 Å². The number of benzene rings is 1. The molecular weight excluding hydrogens is 372 g/mol. The topological polar surface area (TPSA) is 56.2 Å². The van der Waals surface area contributed by atoms with Crippen molar-refractivity contribution < 1.29 is 4.42 Å². The first-order valence-electron chi connectivity index (χ1n) is 9.07. The molecule has 1 atom stereocenters. The Bertz CT molecular complexity index is 1150. The van der Waals surface area contributed by atoms with Gasteiger partial charge < -0.3 is 4.42 Å². The Morgan fingerprint density at radius 1 is 1.11 bits per heavy atom. The number of aliphatic imine (C=N–C) groups is 1. The smallest absolute Gasteiger partial charge is 0.159 e. The second-order valence-electron chi connectivity index (χ2n) is 6.78. The second kappa shape index (κ2) is 6.77. The zero-order chi connectivity index (χ0) is 19.1. The average Bonchev–Trinajstić information content (AvgIpc) is 3.36. The number of fused-ring (bicyclic) bond motifs is 1. The molecule has 1 aliphatic heterocycles. The molecule has 1 aromatic carbocycles. The molecule has 5 nitrogen and oxygen atoms in total. The minimum Gasteiger partial charge on any atom is -0.463 e. The molecule has 4 aromatic rings. The van der Waals surface area contributed by atoms with Gasteiger partial charge in [-0.15, -0.1) is 0 Å². The molecule has 0 saturated heterocycles. The van der Waals surface area contributed by atoms with E-state index in [0.29, 0.717) is 11.4 Å². The van der Waals surface area contributed by atoms with Gasteiger partial charge in [-0.1, -0.05) is 29.8 Å². The highest BCUT2D eigenvalue weighted by Gasteiger charge is 2.30. The summed E-state index contributed by atoms with van der Waals surface area (Å²) in [5, 5.41) is 5.55. The van der Waals surface area contributed by atoms with Crippen LogP contribution in [0.4, 0.5) is 5.82 Å². The second-order valence-corrected chi connectivity index (χ2v) is 7.21. The Hall–Kier alpha value is -3.18. The Morgan fingerprint density at radius 2 is 1.96 bits per heavy atom. The van der Waals surface area contributed by atoms with Crippen LogP contribution in [0.5, 0.6) is 0 Å². The minimum atomic E-state index is 0.000972. The predicted molar refractivity (Wildman–Crippen MR) is 109 cm³/mol. The molecule has 1 unspecified atom stereocenters. The van der Waals surface area contributed by atoms with E-state index in [9.17, 15) is 0 Å². The van der Waals surface area contributed by atoms with Crippen LogP contribution in [0.25, 0.3) is 11.1 Å². The molecule has 0 fully saturated rings.